The van der Waals surface area contributed by atoms with Crippen molar-refractivity contribution in [2.45, 2.75) is 4.90 Å². The Labute approximate surface area is 139 Å². The van der Waals surface area contributed by atoms with Gasteiger partial charge in [-0.25, -0.2) is 8.42 Å². The molecule has 0 aliphatic heterocycles. The molecule has 4 nitrogen and oxygen atoms in total. The first kappa shape index (κ1) is 16.3. The van der Waals surface area contributed by atoms with Crippen molar-refractivity contribution in [1.29, 1.82) is 0 Å². The molecule has 8 heteroatoms. The second kappa shape index (κ2) is 6.36. The number of carbonyl (C=O) groups excluding carboxylic acids is 1. The van der Waals surface area contributed by atoms with E-state index in [9.17, 15) is 13.2 Å². The van der Waals surface area contributed by atoms with E-state index in [1.165, 1.54) is 24.3 Å². The molecule has 2 rings (SSSR count). The number of rotatable bonds is 3. The molecule has 0 saturated carbocycles. The molecule has 110 valence electrons. The van der Waals surface area contributed by atoms with Gasteiger partial charge in [0.25, 0.3) is 15.0 Å². The molecule has 2 aromatic rings. The van der Waals surface area contributed by atoms with E-state index < -0.39 is 9.05 Å². The second-order valence-corrected chi connectivity index (χ2v) is 7.90. The van der Waals surface area contributed by atoms with E-state index >= 15 is 0 Å². The lowest BCUT2D eigenvalue weighted by Gasteiger charge is -2.08. The fourth-order valence-corrected chi connectivity index (χ4v) is 3.17. The number of amides is 1. The molecular weight excluding hydrogens is 401 g/mol. The van der Waals surface area contributed by atoms with Crippen LogP contribution in [0.2, 0.25) is 5.02 Å². The van der Waals surface area contributed by atoms with Gasteiger partial charge in [-0.2, -0.15) is 0 Å². The minimum absolute atomic E-state index is 0.0585. The summed E-state index contributed by atoms with van der Waals surface area (Å²) < 4.78 is 22.8. The van der Waals surface area contributed by atoms with Crippen LogP contribution in [0.3, 0.4) is 0 Å². The molecule has 2 aromatic carbocycles. The van der Waals surface area contributed by atoms with Gasteiger partial charge in [0.1, 0.15) is 0 Å². The lowest BCUT2D eigenvalue weighted by atomic mass is 10.2. The number of nitrogens with one attached hydrogen (secondary N) is 1. The average molecular weight is 409 g/mol. The molecule has 0 bridgehead atoms. The van der Waals surface area contributed by atoms with Gasteiger partial charge in [-0.15, -0.1) is 0 Å². The van der Waals surface area contributed by atoms with Crippen LogP contribution in [0, 0.1) is 0 Å². The summed E-state index contributed by atoms with van der Waals surface area (Å²) >= 11 is 9.01. The largest absolute Gasteiger partial charge is 0.321 e. The maximum Gasteiger partial charge on any atom is 0.261 e. The van der Waals surface area contributed by atoms with E-state index in [1.54, 1.807) is 18.2 Å². The maximum absolute atomic E-state index is 12.1. The first-order chi connectivity index (χ1) is 9.77. The number of anilines is 1. The van der Waals surface area contributed by atoms with Gasteiger partial charge in [-0.1, -0.05) is 17.7 Å². The molecule has 0 aliphatic carbocycles. The van der Waals surface area contributed by atoms with Crippen LogP contribution in [0.5, 0.6) is 0 Å². The number of carbonyl (C=O) groups is 1. The Hall–Kier alpha value is -1.08. The molecule has 1 N–H and O–H groups in total. The average Bonchev–Trinajstić information content (AvgIpc) is 2.39. The number of halogens is 3. The van der Waals surface area contributed by atoms with Gasteiger partial charge in [0.15, 0.2) is 0 Å². The van der Waals surface area contributed by atoms with Gasteiger partial charge < -0.3 is 5.32 Å². The van der Waals surface area contributed by atoms with Crippen LogP contribution in [0.15, 0.2) is 51.8 Å². The van der Waals surface area contributed by atoms with E-state index in [0.29, 0.717) is 20.7 Å². The summed E-state index contributed by atoms with van der Waals surface area (Å²) in [6, 6.07) is 10.5. The normalized spacial score (nSPS) is 11.2. The van der Waals surface area contributed by atoms with Crippen molar-refractivity contribution >= 4 is 58.9 Å². The zero-order valence-corrected chi connectivity index (χ0v) is 14.2. The van der Waals surface area contributed by atoms with Crippen LogP contribution >= 0.6 is 38.2 Å². The molecule has 0 aromatic heterocycles. The Morgan fingerprint density at radius 2 is 1.86 bits per heavy atom. The van der Waals surface area contributed by atoms with Crippen molar-refractivity contribution in [3.8, 4) is 0 Å². The zero-order chi connectivity index (χ0) is 15.6. The lowest BCUT2D eigenvalue weighted by molar-refractivity contribution is 0.102. The highest BCUT2D eigenvalue weighted by molar-refractivity contribution is 9.10. The predicted molar refractivity (Wildman–Crippen MR) is 86.6 cm³/mol. The van der Waals surface area contributed by atoms with E-state index in [-0.39, 0.29) is 10.8 Å². The van der Waals surface area contributed by atoms with Crippen molar-refractivity contribution in [2.24, 2.45) is 0 Å². The van der Waals surface area contributed by atoms with Crippen LogP contribution in [0.25, 0.3) is 0 Å². The molecule has 21 heavy (non-hydrogen) atoms. The van der Waals surface area contributed by atoms with Crippen LogP contribution in [-0.4, -0.2) is 14.3 Å². The quantitative estimate of drug-likeness (QED) is 0.770. The van der Waals surface area contributed by atoms with Crippen molar-refractivity contribution < 1.29 is 13.2 Å². The highest BCUT2D eigenvalue weighted by atomic mass is 79.9. The third kappa shape index (κ3) is 4.20. The van der Waals surface area contributed by atoms with Gasteiger partial charge in [0.05, 0.1) is 10.6 Å². The second-order valence-electron chi connectivity index (χ2n) is 4.04. The van der Waals surface area contributed by atoms with E-state index in [4.69, 9.17) is 22.3 Å². The summed E-state index contributed by atoms with van der Waals surface area (Å²) in [4.78, 5) is 12.0. The molecular formula is C13H8BrCl2NO3S. The Kier molecular flexibility index (Phi) is 4.93. The van der Waals surface area contributed by atoms with Gasteiger partial charge in [0, 0.05) is 25.7 Å². The van der Waals surface area contributed by atoms with Crippen LogP contribution < -0.4 is 5.32 Å². The summed E-state index contributed by atoms with van der Waals surface area (Å²) in [5.74, 6) is -0.361. The third-order valence-corrected chi connectivity index (χ3v) is 4.80. The first-order valence-electron chi connectivity index (χ1n) is 5.58. The molecule has 0 radical (unpaired) electrons. The molecule has 0 saturated heterocycles. The highest BCUT2D eigenvalue weighted by Crippen LogP contribution is 2.27. The van der Waals surface area contributed by atoms with Crippen molar-refractivity contribution in [3.05, 3.63) is 57.5 Å². The van der Waals surface area contributed by atoms with E-state index in [0.717, 1.165) is 0 Å². The van der Waals surface area contributed by atoms with E-state index in [2.05, 4.69) is 21.2 Å². The van der Waals surface area contributed by atoms with E-state index in [1.807, 2.05) is 0 Å². The number of hydrogen-bond donors (Lipinski definition) is 1. The van der Waals surface area contributed by atoms with Gasteiger partial charge in [-0.05, 0) is 52.3 Å². The molecule has 0 aliphatic rings. The number of benzene rings is 2. The third-order valence-electron chi connectivity index (χ3n) is 2.56. The predicted octanol–water partition coefficient (Wildman–Crippen LogP) is 4.28. The molecule has 0 unspecified atom stereocenters. The topological polar surface area (TPSA) is 63.2 Å². The van der Waals surface area contributed by atoms with Crippen LogP contribution in [0.1, 0.15) is 10.4 Å². The Morgan fingerprint density at radius 1 is 1.14 bits per heavy atom. The van der Waals surface area contributed by atoms with Crippen LogP contribution in [-0.2, 0) is 9.05 Å². The SMILES string of the molecule is O=C(Nc1ccc(S(=O)(=O)Cl)cc1Br)c1cccc(Cl)c1. The lowest BCUT2D eigenvalue weighted by Crippen LogP contribution is -2.12. The maximum atomic E-state index is 12.1. The van der Waals surface area contributed by atoms with Gasteiger partial charge >= 0.3 is 0 Å². The standard InChI is InChI=1S/C13H8BrCl2NO3S/c14-11-7-10(21(16,19)20)4-5-12(11)17-13(18)8-2-1-3-9(15)6-8/h1-7H,(H,17,18). The van der Waals surface area contributed by atoms with Gasteiger partial charge in [-0.3, -0.25) is 4.79 Å². The summed E-state index contributed by atoms with van der Waals surface area (Å²) in [7, 11) is 1.44. The van der Waals surface area contributed by atoms with Gasteiger partial charge in [0.2, 0.25) is 0 Å². The molecule has 0 spiro atoms. The smallest absolute Gasteiger partial charge is 0.261 e. The number of hydrogen-bond acceptors (Lipinski definition) is 3. The highest BCUT2D eigenvalue weighted by Gasteiger charge is 2.14. The van der Waals surface area contributed by atoms with Crippen molar-refractivity contribution in [1.82, 2.24) is 0 Å². The van der Waals surface area contributed by atoms with Crippen molar-refractivity contribution in [3.63, 3.8) is 0 Å². The molecule has 0 fully saturated rings. The Bertz CT molecular complexity index is 809. The molecule has 0 heterocycles. The molecule has 1 amide bonds. The molecule has 0 atom stereocenters. The summed E-state index contributed by atoms with van der Waals surface area (Å²) in [6.07, 6.45) is 0. The summed E-state index contributed by atoms with van der Waals surface area (Å²) in [6.45, 7) is 0. The Morgan fingerprint density at radius 3 is 2.43 bits per heavy atom. The van der Waals surface area contributed by atoms with Crippen molar-refractivity contribution in [2.75, 3.05) is 5.32 Å². The fourth-order valence-electron chi connectivity index (χ4n) is 1.57. The summed E-state index contributed by atoms with van der Waals surface area (Å²) in [5, 5.41) is 3.10. The summed E-state index contributed by atoms with van der Waals surface area (Å²) in [5.41, 5.74) is 0.812. The fraction of sp³-hybridized carbons (Fsp3) is 0. The van der Waals surface area contributed by atoms with Crippen LogP contribution in [0.4, 0.5) is 5.69 Å². The minimum Gasteiger partial charge on any atom is -0.321 e. The zero-order valence-electron chi connectivity index (χ0n) is 10.3. The minimum atomic E-state index is -3.82. The first-order valence-corrected chi connectivity index (χ1v) is 9.06. The Balaban J connectivity index is 2.26. The monoisotopic (exact) mass is 407 g/mol.